The summed E-state index contributed by atoms with van der Waals surface area (Å²) in [6.45, 7) is 7.94. The SMILES string of the molecule is CC(=O)O.CC(C)(C)C1Cc2cc(OCCOc3ccc(OC(F)(F)F)cc3Cl)ccc2O1. The molecule has 0 spiro atoms. The molecule has 0 aliphatic carbocycles. The maximum absolute atomic E-state index is 12.2. The molecule has 1 unspecified atom stereocenters. The minimum Gasteiger partial charge on any atom is -0.490 e. The molecule has 0 bridgehead atoms. The van der Waals surface area contributed by atoms with E-state index in [0.29, 0.717) is 5.75 Å². The summed E-state index contributed by atoms with van der Waals surface area (Å²) in [5.41, 5.74) is 1.15. The highest BCUT2D eigenvalue weighted by atomic mass is 35.5. The first-order valence-corrected chi connectivity index (χ1v) is 10.4. The first-order valence-electron chi connectivity index (χ1n) is 10.0. The average Bonchev–Trinajstić information content (AvgIpc) is 3.09. The van der Waals surface area contributed by atoms with E-state index in [1.165, 1.54) is 6.07 Å². The van der Waals surface area contributed by atoms with Crippen LogP contribution in [0.25, 0.3) is 0 Å². The fraction of sp³-hybridized carbons (Fsp3) is 0.435. The van der Waals surface area contributed by atoms with Gasteiger partial charge in [-0.25, -0.2) is 0 Å². The van der Waals surface area contributed by atoms with Crippen LogP contribution in [0.1, 0.15) is 33.3 Å². The summed E-state index contributed by atoms with van der Waals surface area (Å²) in [6.07, 6.45) is -3.82. The van der Waals surface area contributed by atoms with Gasteiger partial charge in [-0.3, -0.25) is 4.79 Å². The molecule has 0 saturated carbocycles. The molecule has 2 aromatic rings. The van der Waals surface area contributed by atoms with Gasteiger partial charge in [-0.1, -0.05) is 32.4 Å². The zero-order chi connectivity index (χ0) is 24.8. The molecule has 1 atom stereocenters. The fourth-order valence-corrected chi connectivity index (χ4v) is 3.13. The quantitative estimate of drug-likeness (QED) is 0.490. The second kappa shape index (κ2) is 10.9. The number of hydrogen-bond donors (Lipinski definition) is 1. The van der Waals surface area contributed by atoms with Gasteiger partial charge in [-0.15, -0.1) is 13.2 Å². The van der Waals surface area contributed by atoms with Crippen molar-refractivity contribution < 1.29 is 42.0 Å². The summed E-state index contributed by atoms with van der Waals surface area (Å²) in [5, 5.41) is 7.44. The summed E-state index contributed by atoms with van der Waals surface area (Å²) < 4.78 is 57.7. The number of fused-ring (bicyclic) bond motifs is 1. The summed E-state index contributed by atoms with van der Waals surface area (Å²) in [4.78, 5) is 9.00. The monoisotopic (exact) mass is 490 g/mol. The molecule has 1 aliphatic rings. The lowest BCUT2D eigenvalue weighted by molar-refractivity contribution is -0.274. The summed E-state index contributed by atoms with van der Waals surface area (Å²) >= 11 is 5.94. The van der Waals surface area contributed by atoms with Crippen LogP contribution in [0.2, 0.25) is 5.02 Å². The topological polar surface area (TPSA) is 74.2 Å². The van der Waals surface area contributed by atoms with Gasteiger partial charge in [-0.05, 0) is 35.7 Å². The average molecular weight is 491 g/mol. The molecule has 33 heavy (non-hydrogen) atoms. The van der Waals surface area contributed by atoms with E-state index in [1.54, 1.807) is 0 Å². The molecule has 1 heterocycles. The third-order valence-corrected chi connectivity index (χ3v) is 4.71. The molecular weight excluding hydrogens is 465 g/mol. The van der Waals surface area contributed by atoms with Crippen LogP contribution in [0.4, 0.5) is 13.2 Å². The van der Waals surface area contributed by atoms with Crippen LogP contribution < -0.4 is 18.9 Å². The molecule has 182 valence electrons. The van der Waals surface area contributed by atoms with Gasteiger partial charge in [0.1, 0.15) is 42.3 Å². The maximum atomic E-state index is 12.2. The van der Waals surface area contributed by atoms with Crippen LogP contribution in [0.3, 0.4) is 0 Å². The van der Waals surface area contributed by atoms with Gasteiger partial charge in [0.05, 0.1) is 5.02 Å². The zero-order valence-corrected chi connectivity index (χ0v) is 19.4. The summed E-state index contributed by atoms with van der Waals surface area (Å²) in [5.74, 6) is 0.590. The molecule has 0 fully saturated rings. The van der Waals surface area contributed by atoms with E-state index >= 15 is 0 Å². The highest BCUT2D eigenvalue weighted by Gasteiger charge is 2.33. The van der Waals surface area contributed by atoms with Crippen molar-refractivity contribution in [2.75, 3.05) is 13.2 Å². The van der Waals surface area contributed by atoms with Crippen molar-refractivity contribution in [3.63, 3.8) is 0 Å². The number of carboxylic acid groups (broad SMARTS) is 1. The number of hydrogen-bond acceptors (Lipinski definition) is 5. The van der Waals surface area contributed by atoms with Crippen molar-refractivity contribution >= 4 is 17.6 Å². The van der Waals surface area contributed by atoms with Gasteiger partial charge in [0.15, 0.2) is 0 Å². The Morgan fingerprint density at radius 2 is 1.70 bits per heavy atom. The number of ether oxygens (including phenoxy) is 4. The Morgan fingerprint density at radius 3 is 2.27 bits per heavy atom. The molecule has 0 amide bonds. The van der Waals surface area contributed by atoms with E-state index in [9.17, 15) is 13.2 Å². The number of alkyl halides is 3. The van der Waals surface area contributed by atoms with Crippen molar-refractivity contribution in [1.82, 2.24) is 0 Å². The van der Waals surface area contributed by atoms with Gasteiger partial charge < -0.3 is 24.1 Å². The molecule has 0 aromatic heterocycles. The lowest BCUT2D eigenvalue weighted by atomic mass is 9.86. The third-order valence-electron chi connectivity index (χ3n) is 4.42. The highest BCUT2D eigenvalue weighted by molar-refractivity contribution is 6.32. The number of benzene rings is 2. The molecule has 2 aromatic carbocycles. The second-order valence-electron chi connectivity index (χ2n) is 8.30. The van der Waals surface area contributed by atoms with Gasteiger partial charge in [0, 0.05) is 25.0 Å². The van der Waals surface area contributed by atoms with Crippen LogP contribution in [0, 0.1) is 5.41 Å². The van der Waals surface area contributed by atoms with Crippen molar-refractivity contribution in [1.29, 1.82) is 0 Å². The van der Waals surface area contributed by atoms with E-state index in [-0.39, 0.29) is 35.5 Å². The van der Waals surface area contributed by atoms with Crippen molar-refractivity contribution in [3.8, 4) is 23.0 Å². The Labute approximate surface area is 195 Å². The van der Waals surface area contributed by atoms with Crippen LogP contribution in [-0.2, 0) is 11.2 Å². The normalized spacial score (nSPS) is 15.0. The minimum absolute atomic E-state index is 0.0228. The molecule has 10 heteroatoms. The lowest BCUT2D eigenvalue weighted by Gasteiger charge is -2.25. The molecule has 3 rings (SSSR count). The molecule has 6 nitrogen and oxygen atoms in total. The minimum atomic E-state index is -4.77. The molecule has 1 aliphatic heterocycles. The second-order valence-corrected chi connectivity index (χ2v) is 8.71. The largest absolute Gasteiger partial charge is 0.573 e. The number of halogens is 4. The van der Waals surface area contributed by atoms with Gasteiger partial charge in [0.2, 0.25) is 0 Å². The third kappa shape index (κ3) is 8.92. The molecule has 0 radical (unpaired) electrons. The van der Waals surface area contributed by atoms with Crippen LogP contribution >= 0.6 is 11.6 Å². The zero-order valence-electron chi connectivity index (χ0n) is 18.7. The lowest BCUT2D eigenvalue weighted by Crippen LogP contribution is -2.30. The Bertz CT molecular complexity index is 952. The fourth-order valence-electron chi connectivity index (χ4n) is 2.90. The van der Waals surface area contributed by atoms with E-state index in [2.05, 4.69) is 25.5 Å². The summed E-state index contributed by atoms with van der Waals surface area (Å²) in [6, 6.07) is 9.20. The molecular formula is C23H26ClF3O6. The Morgan fingerprint density at radius 1 is 1.09 bits per heavy atom. The number of carboxylic acids is 1. The van der Waals surface area contributed by atoms with Crippen LogP contribution in [-0.4, -0.2) is 36.8 Å². The van der Waals surface area contributed by atoms with Crippen molar-refractivity contribution in [2.24, 2.45) is 5.41 Å². The maximum Gasteiger partial charge on any atom is 0.573 e. The predicted molar refractivity (Wildman–Crippen MR) is 116 cm³/mol. The smallest absolute Gasteiger partial charge is 0.490 e. The van der Waals surface area contributed by atoms with E-state index in [0.717, 1.165) is 36.8 Å². The van der Waals surface area contributed by atoms with Crippen molar-refractivity contribution in [2.45, 2.75) is 46.6 Å². The number of aliphatic carboxylic acids is 1. The van der Waals surface area contributed by atoms with E-state index in [4.69, 9.17) is 35.7 Å². The van der Waals surface area contributed by atoms with Gasteiger partial charge in [-0.2, -0.15) is 0 Å². The molecule has 1 N–H and O–H groups in total. The Kier molecular flexibility index (Phi) is 8.71. The first kappa shape index (κ1) is 26.4. The molecule has 0 saturated heterocycles. The first-order chi connectivity index (χ1) is 15.2. The van der Waals surface area contributed by atoms with E-state index < -0.39 is 18.1 Å². The van der Waals surface area contributed by atoms with E-state index in [1.807, 2.05) is 18.2 Å². The predicted octanol–water partition coefficient (Wildman–Crippen LogP) is 6.14. The standard InChI is InChI=1S/C21H22ClF3O4.C2H4O2/c1-20(2,3)19-11-13-10-14(4-6-17(13)28-19)26-8-9-27-18-7-5-15(12-16(18)22)29-21(23,24)25;1-2(3)4/h4-7,10,12,19H,8-9,11H2,1-3H3;1H3,(H,3,4). The van der Waals surface area contributed by atoms with Crippen LogP contribution in [0.5, 0.6) is 23.0 Å². The van der Waals surface area contributed by atoms with Gasteiger partial charge in [0.25, 0.3) is 5.97 Å². The summed E-state index contributed by atoms with van der Waals surface area (Å²) in [7, 11) is 0. The van der Waals surface area contributed by atoms with Gasteiger partial charge >= 0.3 is 6.36 Å². The van der Waals surface area contributed by atoms with Crippen molar-refractivity contribution in [3.05, 3.63) is 47.0 Å². The van der Waals surface area contributed by atoms with Crippen LogP contribution in [0.15, 0.2) is 36.4 Å². The Hall–Kier alpha value is -2.81. The number of carbonyl (C=O) groups is 1. The number of rotatable bonds is 6. The Balaban J connectivity index is 0.000000890. The highest BCUT2D eigenvalue weighted by Crippen LogP contribution is 2.38.